The summed E-state index contributed by atoms with van der Waals surface area (Å²) in [6, 6.07) is 14.9. The molecule has 26 heavy (non-hydrogen) atoms. The van der Waals surface area contributed by atoms with Crippen LogP contribution >= 0.6 is 12.4 Å². The van der Waals surface area contributed by atoms with Gasteiger partial charge < -0.3 is 9.84 Å². The van der Waals surface area contributed by atoms with Gasteiger partial charge in [0.25, 0.3) is 0 Å². The molecule has 2 aromatic carbocycles. The number of halogens is 1. The molecule has 0 amide bonds. The number of benzene rings is 2. The lowest BCUT2D eigenvalue weighted by Gasteiger charge is -2.11. The predicted octanol–water partition coefficient (Wildman–Crippen LogP) is 6.60. The highest BCUT2D eigenvalue weighted by molar-refractivity contribution is 5.96. The van der Waals surface area contributed by atoms with E-state index in [9.17, 15) is 9.90 Å². The van der Waals surface area contributed by atoms with Crippen LogP contribution in [0.3, 0.4) is 0 Å². The fraction of sp³-hybridized carbons (Fsp3) is 0.409. The zero-order valence-corrected chi connectivity index (χ0v) is 16.3. The molecular formula is C22H29ClO3. The second-order valence-electron chi connectivity index (χ2n) is 6.35. The van der Waals surface area contributed by atoms with Gasteiger partial charge in [-0.2, -0.15) is 0 Å². The van der Waals surface area contributed by atoms with Gasteiger partial charge in [-0.25, -0.2) is 4.79 Å². The van der Waals surface area contributed by atoms with Gasteiger partial charge in [0.2, 0.25) is 0 Å². The van der Waals surface area contributed by atoms with Crippen molar-refractivity contribution in [3.05, 3.63) is 54.1 Å². The molecule has 0 saturated heterocycles. The molecule has 0 heterocycles. The van der Waals surface area contributed by atoms with Gasteiger partial charge in [-0.1, -0.05) is 75.8 Å². The second kappa shape index (κ2) is 12.4. The van der Waals surface area contributed by atoms with E-state index in [1.807, 2.05) is 42.5 Å². The Morgan fingerprint density at radius 2 is 1.58 bits per heavy atom. The average Bonchev–Trinajstić information content (AvgIpc) is 2.64. The lowest BCUT2D eigenvalue weighted by Crippen LogP contribution is -2.02. The van der Waals surface area contributed by atoms with Gasteiger partial charge in [0.1, 0.15) is 5.75 Å². The number of carbonyl (C=O) groups is 1. The third kappa shape index (κ3) is 7.09. The fourth-order valence-electron chi connectivity index (χ4n) is 2.91. The van der Waals surface area contributed by atoms with Crippen molar-refractivity contribution in [2.45, 2.75) is 51.9 Å². The molecule has 142 valence electrons. The Labute approximate surface area is 162 Å². The SMILES string of the molecule is CCCCCCCCCOc1ccc(-c2ccccc2)c(C(=O)O)c1.Cl. The minimum absolute atomic E-state index is 0. The van der Waals surface area contributed by atoms with Crippen molar-refractivity contribution in [1.29, 1.82) is 0 Å². The van der Waals surface area contributed by atoms with E-state index in [1.54, 1.807) is 6.07 Å². The summed E-state index contributed by atoms with van der Waals surface area (Å²) in [4.78, 5) is 11.6. The molecule has 0 fully saturated rings. The number of aromatic carboxylic acids is 1. The van der Waals surface area contributed by atoms with Crippen molar-refractivity contribution in [1.82, 2.24) is 0 Å². The summed E-state index contributed by atoms with van der Waals surface area (Å²) in [7, 11) is 0. The standard InChI is InChI=1S/C22H28O3.ClH/c1-2-3-4-5-6-7-11-16-25-19-14-15-20(21(17-19)22(23)24)18-12-9-8-10-13-18;/h8-10,12-15,17H,2-7,11,16H2,1H3,(H,23,24);1H. The van der Waals surface area contributed by atoms with E-state index >= 15 is 0 Å². The van der Waals surface area contributed by atoms with Gasteiger partial charge in [0.05, 0.1) is 12.2 Å². The molecule has 0 aliphatic carbocycles. The van der Waals surface area contributed by atoms with Crippen LogP contribution in [0.2, 0.25) is 0 Å². The number of ether oxygens (including phenoxy) is 1. The van der Waals surface area contributed by atoms with Crippen molar-refractivity contribution < 1.29 is 14.6 Å². The van der Waals surface area contributed by atoms with E-state index in [4.69, 9.17) is 4.74 Å². The third-order valence-corrected chi connectivity index (χ3v) is 4.32. The Hall–Kier alpha value is -2.00. The fourth-order valence-corrected chi connectivity index (χ4v) is 2.91. The molecule has 4 heteroatoms. The average molecular weight is 377 g/mol. The summed E-state index contributed by atoms with van der Waals surface area (Å²) >= 11 is 0. The maximum Gasteiger partial charge on any atom is 0.336 e. The molecule has 3 nitrogen and oxygen atoms in total. The van der Waals surface area contributed by atoms with Crippen LogP contribution < -0.4 is 4.74 Å². The van der Waals surface area contributed by atoms with Crippen molar-refractivity contribution >= 4 is 18.4 Å². The number of carboxylic acid groups (broad SMARTS) is 1. The first-order valence-electron chi connectivity index (χ1n) is 9.28. The molecule has 0 atom stereocenters. The lowest BCUT2D eigenvalue weighted by atomic mass is 9.99. The van der Waals surface area contributed by atoms with E-state index < -0.39 is 5.97 Å². The van der Waals surface area contributed by atoms with Crippen molar-refractivity contribution in [2.75, 3.05) is 6.61 Å². The maximum absolute atomic E-state index is 11.6. The Morgan fingerprint density at radius 3 is 2.23 bits per heavy atom. The zero-order chi connectivity index (χ0) is 17.9. The van der Waals surface area contributed by atoms with Gasteiger partial charge in [-0.15, -0.1) is 12.4 Å². The summed E-state index contributed by atoms with van der Waals surface area (Å²) in [5, 5.41) is 9.51. The molecule has 0 radical (unpaired) electrons. The first kappa shape index (κ1) is 22.0. The van der Waals surface area contributed by atoms with E-state index in [2.05, 4.69) is 6.92 Å². The van der Waals surface area contributed by atoms with Crippen molar-refractivity contribution in [3.63, 3.8) is 0 Å². The molecule has 0 bridgehead atoms. The van der Waals surface area contributed by atoms with Gasteiger partial charge >= 0.3 is 5.97 Å². The molecule has 0 unspecified atom stereocenters. The zero-order valence-electron chi connectivity index (χ0n) is 15.4. The summed E-state index contributed by atoms with van der Waals surface area (Å²) < 4.78 is 5.75. The van der Waals surface area contributed by atoms with E-state index in [1.165, 1.54) is 32.1 Å². The Morgan fingerprint density at radius 1 is 0.923 bits per heavy atom. The molecule has 0 aliphatic heterocycles. The minimum Gasteiger partial charge on any atom is -0.494 e. The van der Waals surface area contributed by atoms with Crippen LogP contribution in [-0.2, 0) is 0 Å². The Kier molecular flexibility index (Phi) is 10.5. The molecular weight excluding hydrogens is 348 g/mol. The summed E-state index contributed by atoms with van der Waals surface area (Å²) in [5.41, 5.74) is 1.90. The molecule has 0 spiro atoms. The highest BCUT2D eigenvalue weighted by Gasteiger charge is 2.13. The van der Waals surface area contributed by atoms with E-state index in [0.29, 0.717) is 12.4 Å². The first-order chi connectivity index (χ1) is 12.2. The van der Waals surface area contributed by atoms with Crippen LogP contribution in [0.5, 0.6) is 5.75 Å². The molecule has 2 aromatic rings. The van der Waals surface area contributed by atoms with Gasteiger partial charge in [-0.05, 0) is 35.7 Å². The molecule has 2 rings (SSSR count). The molecule has 1 N–H and O–H groups in total. The van der Waals surface area contributed by atoms with Crippen LogP contribution in [0.25, 0.3) is 11.1 Å². The summed E-state index contributed by atoms with van der Waals surface area (Å²) in [5.74, 6) is -0.303. The third-order valence-electron chi connectivity index (χ3n) is 4.32. The quantitative estimate of drug-likeness (QED) is 0.449. The normalized spacial score (nSPS) is 10.2. The van der Waals surface area contributed by atoms with Crippen LogP contribution in [0.15, 0.2) is 48.5 Å². The predicted molar refractivity (Wildman–Crippen MR) is 110 cm³/mol. The van der Waals surface area contributed by atoms with E-state index in [-0.39, 0.29) is 18.0 Å². The molecule has 0 saturated carbocycles. The first-order valence-corrected chi connectivity index (χ1v) is 9.28. The number of unbranched alkanes of at least 4 members (excludes halogenated alkanes) is 6. The van der Waals surface area contributed by atoms with Crippen molar-refractivity contribution in [2.24, 2.45) is 0 Å². The number of hydrogen-bond acceptors (Lipinski definition) is 2. The van der Waals surface area contributed by atoms with Crippen LogP contribution in [0, 0.1) is 0 Å². The molecule has 0 aromatic heterocycles. The van der Waals surface area contributed by atoms with Crippen LogP contribution in [0.1, 0.15) is 62.2 Å². The smallest absolute Gasteiger partial charge is 0.336 e. The van der Waals surface area contributed by atoms with Gasteiger partial charge in [0, 0.05) is 0 Å². The monoisotopic (exact) mass is 376 g/mol. The topological polar surface area (TPSA) is 46.5 Å². The number of rotatable bonds is 11. The van der Waals surface area contributed by atoms with Crippen molar-refractivity contribution in [3.8, 4) is 16.9 Å². The summed E-state index contributed by atoms with van der Waals surface area (Å²) in [6.07, 6.45) is 8.63. The maximum atomic E-state index is 11.6. The number of carboxylic acids is 1. The minimum atomic E-state index is -0.930. The Balaban J connectivity index is 0.00000338. The summed E-state index contributed by atoms with van der Waals surface area (Å²) in [6.45, 7) is 2.86. The Bertz CT molecular complexity index is 656. The van der Waals surface area contributed by atoms with Crippen LogP contribution in [-0.4, -0.2) is 17.7 Å². The van der Waals surface area contributed by atoms with Gasteiger partial charge in [-0.3, -0.25) is 0 Å². The van der Waals surface area contributed by atoms with Gasteiger partial charge in [0.15, 0.2) is 0 Å². The lowest BCUT2D eigenvalue weighted by molar-refractivity contribution is 0.0697. The second-order valence-corrected chi connectivity index (χ2v) is 6.35. The highest BCUT2D eigenvalue weighted by atomic mass is 35.5. The van der Waals surface area contributed by atoms with E-state index in [0.717, 1.165) is 24.0 Å². The largest absolute Gasteiger partial charge is 0.494 e. The van der Waals surface area contributed by atoms with Crippen LogP contribution in [0.4, 0.5) is 0 Å². The molecule has 0 aliphatic rings. The highest BCUT2D eigenvalue weighted by Crippen LogP contribution is 2.27. The number of hydrogen-bond donors (Lipinski definition) is 1.